The average Bonchev–Trinajstić information content (AvgIpc) is 3.11. The van der Waals surface area contributed by atoms with E-state index in [9.17, 15) is 13.2 Å². The van der Waals surface area contributed by atoms with Gasteiger partial charge < -0.3 is 15.0 Å². The number of rotatable bonds is 4. The number of piperidine rings is 1. The van der Waals surface area contributed by atoms with Gasteiger partial charge in [0.05, 0.1) is 13.2 Å². The molecule has 1 aromatic heterocycles. The van der Waals surface area contributed by atoms with Gasteiger partial charge in [-0.2, -0.15) is 0 Å². The molecular formula is C14H22ClN3O4S2. The number of nitrogens with one attached hydrogen (secondary N) is 2. The fourth-order valence-corrected chi connectivity index (χ4v) is 5.17. The van der Waals surface area contributed by atoms with E-state index in [4.69, 9.17) is 4.74 Å². The predicted molar refractivity (Wildman–Crippen MR) is 94.1 cm³/mol. The van der Waals surface area contributed by atoms with Crippen LogP contribution in [0.3, 0.4) is 0 Å². The van der Waals surface area contributed by atoms with Crippen LogP contribution in [-0.2, 0) is 19.6 Å². The van der Waals surface area contributed by atoms with Gasteiger partial charge >= 0.3 is 0 Å². The molecule has 0 bridgehead atoms. The Morgan fingerprint density at radius 2 is 2.12 bits per heavy atom. The van der Waals surface area contributed by atoms with Crippen molar-refractivity contribution in [1.82, 2.24) is 14.9 Å². The molecule has 136 valence electrons. The fraction of sp³-hybridized carbons (Fsp3) is 0.643. The monoisotopic (exact) mass is 395 g/mol. The van der Waals surface area contributed by atoms with Crippen LogP contribution in [0.25, 0.3) is 0 Å². The molecule has 2 aliphatic rings. The first-order valence-electron chi connectivity index (χ1n) is 7.72. The SMILES string of the molecule is Cl.O=C(C1COCCN1)N1CCC(NS(=O)(=O)c2cccs2)CC1. The Bertz CT molecular complexity index is 624. The third-order valence-corrected chi connectivity index (χ3v) is 7.03. The van der Waals surface area contributed by atoms with Crippen molar-refractivity contribution in [2.75, 3.05) is 32.8 Å². The van der Waals surface area contributed by atoms with Crippen LogP contribution in [0, 0.1) is 0 Å². The average molecular weight is 396 g/mol. The number of ether oxygens (including phenoxy) is 1. The van der Waals surface area contributed by atoms with Gasteiger partial charge in [-0.05, 0) is 24.3 Å². The summed E-state index contributed by atoms with van der Waals surface area (Å²) >= 11 is 1.21. The second-order valence-corrected chi connectivity index (χ2v) is 8.62. The molecule has 2 aliphatic heterocycles. The highest BCUT2D eigenvalue weighted by atomic mass is 35.5. The number of amides is 1. The molecule has 3 heterocycles. The Balaban J connectivity index is 0.00000208. The summed E-state index contributed by atoms with van der Waals surface area (Å²) < 4.78 is 32.8. The molecule has 1 aromatic rings. The lowest BCUT2D eigenvalue weighted by Gasteiger charge is -2.35. The highest BCUT2D eigenvalue weighted by Crippen LogP contribution is 2.19. The maximum atomic E-state index is 12.4. The molecule has 2 N–H and O–H groups in total. The van der Waals surface area contributed by atoms with Gasteiger partial charge in [0.1, 0.15) is 10.3 Å². The van der Waals surface area contributed by atoms with E-state index < -0.39 is 10.0 Å². The zero-order chi connectivity index (χ0) is 16.3. The highest BCUT2D eigenvalue weighted by molar-refractivity contribution is 7.91. The lowest BCUT2D eigenvalue weighted by Crippen LogP contribution is -2.55. The van der Waals surface area contributed by atoms with Crippen molar-refractivity contribution in [3.63, 3.8) is 0 Å². The summed E-state index contributed by atoms with van der Waals surface area (Å²) in [6.07, 6.45) is 1.26. The van der Waals surface area contributed by atoms with Crippen LogP contribution in [0.4, 0.5) is 0 Å². The van der Waals surface area contributed by atoms with Gasteiger partial charge in [-0.3, -0.25) is 4.79 Å². The predicted octanol–water partition coefficient (Wildman–Crippen LogP) is 0.428. The molecule has 0 saturated carbocycles. The molecule has 0 radical (unpaired) electrons. The molecule has 2 saturated heterocycles. The Kier molecular flexibility index (Phi) is 7.02. The number of thiophene rings is 1. The van der Waals surface area contributed by atoms with Crippen LogP contribution in [-0.4, -0.2) is 64.2 Å². The fourth-order valence-electron chi connectivity index (χ4n) is 2.86. The summed E-state index contributed by atoms with van der Waals surface area (Å²) in [4.78, 5) is 14.2. The Hall–Kier alpha value is -0.710. The largest absolute Gasteiger partial charge is 0.378 e. The van der Waals surface area contributed by atoms with E-state index in [0.29, 0.717) is 49.9 Å². The summed E-state index contributed by atoms with van der Waals surface area (Å²) in [6, 6.07) is 2.92. The normalized spacial score (nSPS) is 22.8. The van der Waals surface area contributed by atoms with Crippen molar-refractivity contribution in [3.05, 3.63) is 17.5 Å². The van der Waals surface area contributed by atoms with Crippen molar-refractivity contribution in [2.24, 2.45) is 0 Å². The van der Waals surface area contributed by atoms with Crippen LogP contribution < -0.4 is 10.0 Å². The van der Waals surface area contributed by atoms with E-state index in [1.807, 2.05) is 0 Å². The van der Waals surface area contributed by atoms with E-state index in [1.165, 1.54) is 11.3 Å². The Morgan fingerprint density at radius 3 is 2.71 bits per heavy atom. The van der Waals surface area contributed by atoms with E-state index >= 15 is 0 Å². The van der Waals surface area contributed by atoms with Gasteiger partial charge in [0.25, 0.3) is 0 Å². The number of morpholine rings is 1. The number of hydrogen-bond acceptors (Lipinski definition) is 6. The molecule has 1 atom stereocenters. The second kappa shape index (κ2) is 8.59. The molecule has 7 nitrogen and oxygen atoms in total. The van der Waals surface area contributed by atoms with Gasteiger partial charge in [-0.15, -0.1) is 23.7 Å². The number of likely N-dealkylation sites (tertiary alicyclic amines) is 1. The molecule has 0 aliphatic carbocycles. The number of sulfonamides is 1. The number of nitrogens with zero attached hydrogens (tertiary/aromatic N) is 1. The van der Waals surface area contributed by atoms with E-state index in [1.54, 1.807) is 22.4 Å². The van der Waals surface area contributed by atoms with Gasteiger partial charge in [0.15, 0.2) is 0 Å². The van der Waals surface area contributed by atoms with Gasteiger partial charge in [0, 0.05) is 25.7 Å². The Morgan fingerprint density at radius 1 is 1.38 bits per heavy atom. The van der Waals surface area contributed by atoms with Crippen LogP contribution in [0.2, 0.25) is 0 Å². The topological polar surface area (TPSA) is 87.7 Å². The van der Waals surface area contributed by atoms with Gasteiger partial charge in [0.2, 0.25) is 15.9 Å². The molecule has 0 aromatic carbocycles. The van der Waals surface area contributed by atoms with E-state index in [0.717, 1.165) is 0 Å². The molecule has 0 spiro atoms. The van der Waals surface area contributed by atoms with Crippen molar-refractivity contribution in [3.8, 4) is 0 Å². The maximum absolute atomic E-state index is 12.4. The minimum Gasteiger partial charge on any atom is -0.378 e. The van der Waals surface area contributed by atoms with Crippen LogP contribution in [0.5, 0.6) is 0 Å². The van der Waals surface area contributed by atoms with E-state index in [2.05, 4.69) is 10.0 Å². The first-order chi connectivity index (χ1) is 11.1. The van der Waals surface area contributed by atoms with Crippen LogP contribution >= 0.6 is 23.7 Å². The third-order valence-electron chi connectivity index (χ3n) is 4.11. The summed E-state index contributed by atoms with van der Waals surface area (Å²) in [5.41, 5.74) is 0. The molecule has 10 heteroatoms. The molecule has 3 rings (SSSR count). The zero-order valence-electron chi connectivity index (χ0n) is 13.1. The maximum Gasteiger partial charge on any atom is 0.250 e. The molecule has 1 amide bonds. The Labute approximate surface area is 152 Å². The summed E-state index contributed by atoms with van der Waals surface area (Å²) in [7, 11) is -3.44. The third kappa shape index (κ3) is 4.68. The number of hydrogen-bond donors (Lipinski definition) is 2. The van der Waals surface area contributed by atoms with Crippen LogP contribution in [0.15, 0.2) is 21.7 Å². The lowest BCUT2D eigenvalue weighted by atomic mass is 10.1. The lowest BCUT2D eigenvalue weighted by molar-refractivity contribution is -0.137. The first-order valence-corrected chi connectivity index (χ1v) is 10.1. The molecule has 1 unspecified atom stereocenters. The molecule has 24 heavy (non-hydrogen) atoms. The highest BCUT2D eigenvalue weighted by Gasteiger charge is 2.31. The number of carbonyl (C=O) groups excluding carboxylic acids is 1. The quantitative estimate of drug-likeness (QED) is 0.771. The van der Waals surface area contributed by atoms with Crippen LogP contribution in [0.1, 0.15) is 12.8 Å². The standard InChI is InChI=1S/C14H21N3O4S2.ClH/c18-14(12-10-21-8-5-15-12)17-6-3-11(4-7-17)16-23(19,20)13-2-1-9-22-13;/h1-2,9,11-12,15-16H,3-8,10H2;1H. The van der Waals surface area contributed by atoms with Gasteiger partial charge in [-0.25, -0.2) is 13.1 Å². The van der Waals surface area contributed by atoms with Gasteiger partial charge in [-0.1, -0.05) is 6.07 Å². The molecular weight excluding hydrogens is 374 g/mol. The second-order valence-electron chi connectivity index (χ2n) is 5.73. The minimum atomic E-state index is -3.44. The summed E-state index contributed by atoms with van der Waals surface area (Å²) in [6.45, 7) is 2.86. The smallest absolute Gasteiger partial charge is 0.250 e. The summed E-state index contributed by atoms with van der Waals surface area (Å²) in [5.74, 6) is 0.0456. The van der Waals surface area contributed by atoms with E-state index in [-0.39, 0.29) is 30.4 Å². The van der Waals surface area contributed by atoms with Crippen molar-refractivity contribution >= 4 is 39.7 Å². The first kappa shape index (κ1) is 19.6. The number of carbonyl (C=O) groups is 1. The summed E-state index contributed by atoms with van der Waals surface area (Å²) in [5, 5.41) is 4.90. The van der Waals surface area contributed by atoms with Crippen molar-refractivity contribution in [2.45, 2.75) is 29.1 Å². The molecule has 2 fully saturated rings. The van der Waals surface area contributed by atoms with Crippen molar-refractivity contribution in [1.29, 1.82) is 0 Å². The van der Waals surface area contributed by atoms with Crippen molar-refractivity contribution < 1.29 is 17.9 Å². The minimum absolute atomic E-state index is 0. The number of halogens is 1. The zero-order valence-corrected chi connectivity index (χ0v) is 15.6.